The average molecular weight is 284 g/mol. The molecule has 0 bridgehead atoms. The SMILES string of the molecule is C#CCNC(=O)C(C)Nc1cc(C(F)(F)F)ccc1C. The molecule has 20 heavy (non-hydrogen) atoms. The van der Waals surface area contributed by atoms with Crippen molar-refractivity contribution < 1.29 is 18.0 Å². The summed E-state index contributed by atoms with van der Waals surface area (Å²) in [6, 6.07) is 2.66. The van der Waals surface area contributed by atoms with Crippen molar-refractivity contribution in [1.29, 1.82) is 0 Å². The molecule has 1 amide bonds. The van der Waals surface area contributed by atoms with E-state index in [0.29, 0.717) is 5.56 Å². The Balaban J connectivity index is 2.87. The lowest BCUT2D eigenvalue weighted by Crippen LogP contribution is -2.37. The second-order valence-electron chi connectivity index (χ2n) is 4.32. The molecule has 2 N–H and O–H groups in total. The van der Waals surface area contributed by atoms with Crippen molar-refractivity contribution >= 4 is 11.6 Å². The second kappa shape index (κ2) is 6.33. The standard InChI is InChI=1S/C14H15F3N2O/c1-4-7-18-13(20)10(3)19-12-8-11(14(15,16)17)6-5-9(12)2/h1,5-6,8,10,19H,7H2,2-3H3,(H,18,20). The molecule has 1 rings (SSSR count). The predicted molar refractivity (Wildman–Crippen MR) is 71.1 cm³/mol. The highest BCUT2D eigenvalue weighted by atomic mass is 19.4. The number of benzene rings is 1. The highest BCUT2D eigenvalue weighted by Gasteiger charge is 2.31. The van der Waals surface area contributed by atoms with Crippen LogP contribution in [0.5, 0.6) is 0 Å². The zero-order valence-electron chi connectivity index (χ0n) is 11.1. The van der Waals surface area contributed by atoms with E-state index in [1.807, 2.05) is 0 Å². The lowest BCUT2D eigenvalue weighted by molar-refractivity contribution is -0.137. The van der Waals surface area contributed by atoms with Gasteiger partial charge in [-0.3, -0.25) is 4.79 Å². The number of alkyl halides is 3. The summed E-state index contributed by atoms with van der Waals surface area (Å²) < 4.78 is 37.9. The van der Waals surface area contributed by atoms with Crippen molar-refractivity contribution in [3.63, 3.8) is 0 Å². The molecule has 0 aliphatic heterocycles. The molecule has 108 valence electrons. The number of aryl methyl sites for hydroxylation is 1. The first-order valence-electron chi connectivity index (χ1n) is 5.91. The molecule has 3 nitrogen and oxygen atoms in total. The minimum Gasteiger partial charge on any atom is -0.374 e. The molecular weight excluding hydrogens is 269 g/mol. The van der Waals surface area contributed by atoms with Crippen molar-refractivity contribution in [3.05, 3.63) is 29.3 Å². The van der Waals surface area contributed by atoms with Gasteiger partial charge in [-0.05, 0) is 31.5 Å². The molecule has 0 aliphatic carbocycles. The lowest BCUT2D eigenvalue weighted by atomic mass is 10.1. The van der Waals surface area contributed by atoms with Crippen LogP contribution in [0.2, 0.25) is 0 Å². The largest absolute Gasteiger partial charge is 0.416 e. The van der Waals surface area contributed by atoms with Crippen LogP contribution in [0.3, 0.4) is 0 Å². The van der Waals surface area contributed by atoms with Crippen molar-refractivity contribution in [2.75, 3.05) is 11.9 Å². The summed E-state index contributed by atoms with van der Waals surface area (Å²) in [5.41, 5.74) is 0.125. The third-order valence-electron chi connectivity index (χ3n) is 2.69. The Kier molecular flexibility index (Phi) is 5.03. The quantitative estimate of drug-likeness (QED) is 0.834. The van der Waals surface area contributed by atoms with Crippen LogP contribution >= 0.6 is 0 Å². The van der Waals surface area contributed by atoms with E-state index in [1.165, 1.54) is 6.07 Å². The first-order chi connectivity index (χ1) is 9.25. The highest BCUT2D eigenvalue weighted by Crippen LogP contribution is 2.32. The molecule has 1 aromatic rings. The molecule has 1 aromatic carbocycles. The fourth-order valence-corrected chi connectivity index (χ4v) is 1.54. The maximum absolute atomic E-state index is 12.6. The Bertz CT molecular complexity index is 532. The predicted octanol–water partition coefficient (Wildman–Crippen LogP) is 2.56. The fourth-order valence-electron chi connectivity index (χ4n) is 1.54. The molecule has 0 saturated heterocycles. The zero-order valence-corrected chi connectivity index (χ0v) is 11.1. The summed E-state index contributed by atoms with van der Waals surface area (Å²) in [5, 5.41) is 5.21. The van der Waals surface area contributed by atoms with Gasteiger partial charge in [-0.1, -0.05) is 12.0 Å². The van der Waals surface area contributed by atoms with Crippen LogP contribution in [0.15, 0.2) is 18.2 Å². The number of anilines is 1. The summed E-state index contributed by atoms with van der Waals surface area (Å²) in [4.78, 5) is 11.6. The Morgan fingerprint density at radius 2 is 2.10 bits per heavy atom. The number of terminal acetylenes is 1. The van der Waals surface area contributed by atoms with E-state index in [-0.39, 0.29) is 18.1 Å². The molecule has 0 fully saturated rings. The maximum Gasteiger partial charge on any atom is 0.416 e. The van der Waals surface area contributed by atoms with Crippen LogP contribution < -0.4 is 10.6 Å². The van der Waals surface area contributed by atoms with Gasteiger partial charge in [-0.2, -0.15) is 13.2 Å². The first kappa shape index (κ1) is 15.9. The number of rotatable bonds is 4. The molecule has 0 radical (unpaired) electrons. The Labute approximate surface area is 115 Å². The van der Waals surface area contributed by atoms with Gasteiger partial charge >= 0.3 is 6.18 Å². The smallest absolute Gasteiger partial charge is 0.374 e. The summed E-state index contributed by atoms with van der Waals surface area (Å²) in [6.07, 6.45) is 0.594. The van der Waals surface area contributed by atoms with Gasteiger partial charge in [0.2, 0.25) is 5.91 Å². The van der Waals surface area contributed by atoms with E-state index in [9.17, 15) is 18.0 Å². The topological polar surface area (TPSA) is 41.1 Å². The van der Waals surface area contributed by atoms with Crippen molar-refractivity contribution in [2.45, 2.75) is 26.1 Å². The minimum atomic E-state index is -4.42. The third-order valence-corrected chi connectivity index (χ3v) is 2.69. The van der Waals surface area contributed by atoms with E-state index >= 15 is 0 Å². The van der Waals surface area contributed by atoms with Gasteiger partial charge < -0.3 is 10.6 Å². The number of hydrogen-bond acceptors (Lipinski definition) is 2. The first-order valence-corrected chi connectivity index (χ1v) is 5.91. The molecule has 1 unspecified atom stereocenters. The number of nitrogens with one attached hydrogen (secondary N) is 2. The van der Waals surface area contributed by atoms with Gasteiger partial charge in [0.05, 0.1) is 12.1 Å². The molecule has 6 heteroatoms. The maximum atomic E-state index is 12.6. The number of halogens is 3. The molecule has 1 atom stereocenters. The van der Waals surface area contributed by atoms with Crippen LogP contribution in [0.4, 0.5) is 18.9 Å². The molecule has 0 saturated carbocycles. The van der Waals surface area contributed by atoms with Crippen LogP contribution in [0, 0.1) is 19.3 Å². The Morgan fingerprint density at radius 1 is 1.45 bits per heavy atom. The van der Waals surface area contributed by atoms with Gasteiger partial charge in [0, 0.05) is 5.69 Å². The molecule has 0 spiro atoms. The highest BCUT2D eigenvalue weighted by molar-refractivity contribution is 5.84. The summed E-state index contributed by atoms with van der Waals surface area (Å²) >= 11 is 0. The monoisotopic (exact) mass is 284 g/mol. The summed E-state index contributed by atoms with van der Waals surface area (Å²) in [6.45, 7) is 3.28. The number of carbonyl (C=O) groups is 1. The van der Waals surface area contributed by atoms with Gasteiger partial charge in [0.15, 0.2) is 0 Å². The number of carbonyl (C=O) groups excluding carboxylic acids is 1. The van der Waals surface area contributed by atoms with E-state index in [2.05, 4.69) is 16.6 Å². The molecule has 0 aliphatic rings. The molecular formula is C14H15F3N2O. The van der Waals surface area contributed by atoms with Crippen LogP contribution in [-0.4, -0.2) is 18.5 Å². The average Bonchev–Trinajstić information content (AvgIpc) is 2.37. The molecule has 0 aromatic heterocycles. The van der Waals surface area contributed by atoms with Crippen LogP contribution in [0.25, 0.3) is 0 Å². The fraction of sp³-hybridized carbons (Fsp3) is 0.357. The van der Waals surface area contributed by atoms with E-state index in [4.69, 9.17) is 6.42 Å². The van der Waals surface area contributed by atoms with E-state index < -0.39 is 17.8 Å². The normalized spacial score (nSPS) is 12.4. The van der Waals surface area contributed by atoms with Gasteiger partial charge in [0.25, 0.3) is 0 Å². The Morgan fingerprint density at radius 3 is 2.65 bits per heavy atom. The summed E-state index contributed by atoms with van der Waals surface area (Å²) in [7, 11) is 0. The lowest BCUT2D eigenvalue weighted by Gasteiger charge is -2.17. The van der Waals surface area contributed by atoms with Gasteiger partial charge in [0.1, 0.15) is 6.04 Å². The Hall–Kier alpha value is -2.16. The second-order valence-corrected chi connectivity index (χ2v) is 4.32. The van der Waals surface area contributed by atoms with Gasteiger partial charge in [-0.15, -0.1) is 6.42 Å². The minimum absolute atomic E-state index is 0.0758. The van der Waals surface area contributed by atoms with Crippen LogP contribution in [-0.2, 0) is 11.0 Å². The van der Waals surface area contributed by atoms with E-state index in [1.54, 1.807) is 13.8 Å². The van der Waals surface area contributed by atoms with Crippen molar-refractivity contribution in [3.8, 4) is 12.3 Å². The van der Waals surface area contributed by atoms with Crippen LogP contribution in [0.1, 0.15) is 18.1 Å². The van der Waals surface area contributed by atoms with Crippen molar-refractivity contribution in [2.24, 2.45) is 0 Å². The zero-order chi connectivity index (χ0) is 15.3. The number of amides is 1. The van der Waals surface area contributed by atoms with E-state index in [0.717, 1.165) is 12.1 Å². The van der Waals surface area contributed by atoms with Crippen molar-refractivity contribution in [1.82, 2.24) is 5.32 Å². The molecule has 0 heterocycles. The third kappa shape index (κ3) is 4.19. The number of hydrogen-bond donors (Lipinski definition) is 2. The summed E-state index contributed by atoms with van der Waals surface area (Å²) in [5.74, 6) is 1.87. The van der Waals surface area contributed by atoms with Gasteiger partial charge in [-0.25, -0.2) is 0 Å².